The Kier molecular flexibility index (Phi) is 5.17. The summed E-state index contributed by atoms with van der Waals surface area (Å²) in [6, 6.07) is 13.2. The van der Waals surface area contributed by atoms with E-state index in [0.29, 0.717) is 22.7 Å². The molecule has 1 heterocycles. The van der Waals surface area contributed by atoms with Crippen molar-refractivity contribution in [1.82, 2.24) is 0 Å². The maximum atomic E-state index is 13.1. The molecule has 0 radical (unpaired) electrons. The molecule has 1 saturated heterocycles. The molecule has 1 aliphatic heterocycles. The minimum Gasteiger partial charge on any atom is -0.497 e. The first kappa shape index (κ1) is 20.7. The summed E-state index contributed by atoms with van der Waals surface area (Å²) in [6.45, 7) is 0. The predicted molar refractivity (Wildman–Crippen MR) is 121 cm³/mol. The number of esters is 1. The number of halogens is 2. The zero-order valence-electron chi connectivity index (χ0n) is 16.5. The number of fused-ring (bicyclic) bond motifs is 5. The summed E-state index contributed by atoms with van der Waals surface area (Å²) in [5, 5.41) is 0. The molecule has 0 aromatic heterocycles. The Labute approximate surface area is 196 Å². The normalized spacial score (nSPS) is 31.1. The van der Waals surface area contributed by atoms with E-state index in [1.165, 1.54) is 12.0 Å². The molecular formula is C23H19Br2NO5. The number of imide groups is 1. The molecule has 5 rings (SSSR count). The monoisotopic (exact) mass is 547 g/mol. The van der Waals surface area contributed by atoms with Crippen LogP contribution in [0.2, 0.25) is 0 Å². The van der Waals surface area contributed by atoms with Crippen molar-refractivity contribution < 1.29 is 23.9 Å². The number of hydrogen-bond acceptors (Lipinski definition) is 5. The molecule has 3 aliphatic rings. The number of alkyl halides is 2. The molecular weight excluding hydrogens is 530 g/mol. The molecule has 0 N–H and O–H groups in total. The van der Waals surface area contributed by atoms with Gasteiger partial charge in [-0.2, -0.15) is 0 Å². The number of methoxy groups -OCH3 is 1. The van der Waals surface area contributed by atoms with Crippen LogP contribution in [0.3, 0.4) is 0 Å². The van der Waals surface area contributed by atoms with Gasteiger partial charge in [-0.1, -0.05) is 37.9 Å². The maximum Gasteiger partial charge on any atom is 0.343 e. The number of carbonyl (C=O) groups excluding carboxylic acids is 3. The summed E-state index contributed by atoms with van der Waals surface area (Å²) in [7, 11) is 1.53. The van der Waals surface area contributed by atoms with Gasteiger partial charge < -0.3 is 9.47 Å². The number of amides is 2. The molecule has 6 atom stereocenters. The van der Waals surface area contributed by atoms with Crippen molar-refractivity contribution in [2.75, 3.05) is 12.0 Å². The summed E-state index contributed by atoms with van der Waals surface area (Å²) in [5.41, 5.74) is 0.868. The van der Waals surface area contributed by atoms with Crippen LogP contribution in [0, 0.1) is 23.7 Å². The first-order valence-electron chi connectivity index (χ1n) is 10.0. The van der Waals surface area contributed by atoms with E-state index < -0.39 is 5.97 Å². The molecule has 31 heavy (non-hydrogen) atoms. The summed E-state index contributed by atoms with van der Waals surface area (Å²) in [5.74, 6) is -0.0724. The largest absolute Gasteiger partial charge is 0.497 e. The molecule has 3 fully saturated rings. The lowest BCUT2D eigenvalue weighted by Crippen LogP contribution is -2.37. The third-order valence-electron chi connectivity index (χ3n) is 6.60. The van der Waals surface area contributed by atoms with Crippen molar-refractivity contribution in [2.45, 2.75) is 16.1 Å². The van der Waals surface area contributed by atoms with Crippen LogP contribution < -0.4 is 14.4 Å². The van der Waals surface area contributed by atoms with Crippen LogP contribution in [0.1, 0.15) is 16.8 Å². The Hall–Kier alpha value is -2.19. The van der Waals surface area contributed by atoms with E-state index in [2.05, 4.69) is 31.9 Å². The minimum absolute atomic E-state index is 0.132. The van der Waals surface area contributed by atoms with Crippen LogP contribution in [0.4, 0.5) is 5.69 Å². The van der Waals surface area contributed by atoms with E-state index >= 15 is 0 Å². The van der Waals surface area contributed by atoms with Gasteiger partial charge in [0.05, 0.1) is 30.2 Å². The van der Waals surface area contributed by atoms with Gasteiger partial charge in [-0.05, 0) is 60.7 Å². The molecule has 8 heteroatoms. The van der Waals surface area contributed by atoms with E-state index in [1.54, 1.807) is 48.5 Å². The van der Waals surface area contributed by atoms with E-state index in [-0.39, 0.29) is 45.1 Å². The van der Waals surface area contributed by atoms with Gasteiger partial charge in [-0.3, -0.25) is 14.5 Å². The first-order chi connectivity index (χ1) is 14.9. The van der Waals surface area contributed by atoms with Crippen LogP contribution in [-0.2, 0) is 9.59 Å². The Morgan fingerprint density at radius 2 is 1.55 bits per heavy atom. The quantitative estimate of drug-likeness (QED) is 0.248. The highest BCUT2D eigenvalue weighted by Crippen LogP contribution is 2.60. The molecule has 2 amide bonds. The zero-order valence-corrected chi connectivity index (χ0v) is 19.7. The van der Waals surface area contributed by atoms with Crippen molar-refractivity contribution in [2.24, 2.45) is 23.7 Å². The van der Waals surface area contributed by atoms with Gasteiger partial charge in [0, 0.05) is 9.65 Å². The summed E-state index contributed by atoms with van der Waals surface area (Å²) >= 11 is 7.39. The molecule has 2 aromatic carbocycles. The highest BCUT2D eigenvalue weighted by molar-refractivity contribution is 9.12. The van der Waals surface area contributed by atoms with Crippen LogP contribution >= 0.6 is 31.9 Å². The molecule has 160 valence electrons. The molecule has 2 saturated carbocycles. The smallest absolute Gasteiger partial charge is 0.343 e. The van der Waals surface area contributed by atoms with Gasteiger partial charge in [-0.25, -0.2) is 4.79 Å². The number of anilines is 1. The van der Waals surface area contributed by atoms with E-state index in [9.17, 15) is 14.4 Å². The fourth-order valence-corrected chi connectivity index (χ4v) is 7.06. The fraction of sp³-hybridized carbons (Fsp3) is 0.348. The lowest BCUT2D eigenvalue weighted by atomic mass is 9.81. The minimum atomic E-state index is -0.516. The Morgan fingerprint density at radius 1 is 0.935 bits per heavy atom. The highest BCUT2D eigenvalue weighted by atomic mass is 79.9. The Morgan fingerprint density at radius 3 is 2.13 bits per heavy atom. The lowest BCUT2D eigenvalue weighted by molar-refractivity contribution is -0.123. The second-order valence-corrected chi connectivity index (χ2v) is 10.2. The van der Waals surface area contributed by atoms with Gasteiger partial charge in [0.15, 0.2) is 0 Å². The standard InChI is InChI=1S/C23H19Br2NO5/c1-30-14-4-2-3-11(9-14)23(29)31-13-7-5-12(6-8-13)26-21(27)17-15-10-16(18(17)22(26)28)20(25)19(15)24/h2-9,15-20H,10H2,1H3/t15-,16+,17-,18+,19-,20+. The average Bonchev–Trinajstić information content (AvgIpc) is 3.39. The van der Waals surface area contributed by atoms with E-state index in [1.807, 2.05) is 0 Å². The van der Waals surface area contributed by atoms with Gasteiger partial charge in [-0.15, -0.1) is 0 Å². The van der Waals surface area contributed by atoms with Crippen LogP contribution in [-0.4, -0.2) is 34.5 Å². The second kappa shape index (κ2) is 7.74. The Bertz CT molecular complexity index is 1040. The van der Waals surface area contributed by atoms with Crippen molar-refractivity contribution in [1.29, 1.82) is 0 Å². The highest BCUT2D eigenvalue weighted by Gasteiger charge is 2.66. The van der Waals surface area contributed by atoms with Crippen molar-refractivity contribution in [3.05, 3.63) is 54.1 Å². The van der Waals surface area contributed by atoms with Crippen molar-refractivity contribution in [3.63, 3.8) is 0 Å². The number of carbonyl (C=O) groups is 3. The molecule has 2 aliphatic carbocycles. The summed E-state index contributed by atoms with van der Waals surface area (Å²) < 4.78 is 10.6. The van der Waals surface area contributed by atoms with E-state index in [4.69, 9.17) is 9.47 Å². The number of rotatable bonds is 4. The van der Waals surface area contributed by atoms with Gasteiger partial charge in [0.1, 0.15) is 11.5 Å². The molecule has 0 spiro atoms. The number of ether oxygens (including phenoxy) is 2. The van der Waals surface area contributed by atoms with Gasteiger partial charge in [0.2, 0.25) is 11.8 Å². The predicted octanol–water partition coefficient (Wildman–Crippen LogP) is 4.20. The van der Waals surface area contributed by atoms with Gasteiger partial charge >= 0.3 is 5.97 Å². The maximum absolute atomic E-state index is 13.1. The topological polar surface area (TPSA) is 72.9 Å². The summed E-state index contributed by atoms with van der Waals surface area (Å²) in [6.07, 6.45) is 0.894. The number of hydrogen-bond donors (Lipinski definition) is 0. The fourth-order valence-electron chi connectivity index (χ4n) is 5.18. The van der Waals surface area contributed by atoms with Gasteiger partial charge in [0.25, 0.3) is 0 Å². The molecule has 0 unspecified atom stereocenters. The average molecular weight is 549 g/mol. The van der Waals surface area contributed by atoms with Crippen LogP contribution in [0.25, 0.3) is 0 Å². The SMILES string of the molecule is COc1cccc(C(=O)Oc2ccc(N3C(=O)[C@@H]4[C@H]5C[C@H]([C@H](Br)[C@@H]5Br)[C@@H]4C3=O)cc2)c1. The molecule has 2 bridgehead atoms. The number of benzene rings is 2. The van der Waals surface area contributed by atoms with E-state index in [0.717, 1.165) is 6.42 Å². The molecule has 2 aromatic rings. The van der Waals surface area contributed by atoms with Crippen LogP contribution in [0.15, 0.2) is 48.5 Å². The lowest BCUT2D eigenvalue weighted by Gasteiger charge is -2.28. The molecule has 6 nitrogen and oxygen atoms in total. The third-order valence-corrected chi connectivity index (χ3v) is 9.80. The Balaban J connectivity index is 1.33. The van der Waals surface area contributed by atoms with Crippen LogP contribution in [0.5, 0.6) is 11.5 Å². The summed E-state index contributed by atoms with van der Waals surface area (Å²) in [4.78, 5) is 40.3. The van der Waals surface area contributed by atoms with Crippen molar-refractivity contribution in [3.8, 4) is 11.5 Å². The second-order valence-electron chi connectivity index (χ2n) is 8.13. The third kappa shape index (κ3) is 3.22. The zero-order chi connectivity index (χ0) is 21.9. The van der Waals surface area contributed by atoms with Crippen molar-refractivity contribution >= 4 is 55.3 Å². The number of nitrogens with zero attached hydrogens (tertiary/aromatic N) is 1. The first-order valence-corrected chi connectivity index (χ1v) is 11.9.